The fourth-order valence-electron chi connectivity index (χ4n) is 2.60. The minimum absolute atomic E-state index is 0.143. The van der Waals surface area contributed by atoms with Crippen LogP contribution in [0.3, 0.4) is 0 Å². The lowest BCUT2D eigenvalue weighted by atomic mass is 10.2. The molecule has 9 heteroatoms. The van der Waals surface area contributed by atoms with Gasteiger partial charge in [0, 0.05) is 17.9 Å². The van der Waals surface area contributed by atoms with Crippen molar-refractivity contribution in [1.82, 2.24) is 24.9 Å². The van der Waals surface area contributed by atoms with Crippen LogP contribution in [-0.4, -0.2) is 44.7 Å². The van der Waals surface area contributed by atoms with E-state index < -0.39 is 18.0 Å². The van der Waals surface area contributed by atoms with E-state index in [4.69, 9.17) is 9.47 Å². The van der Waals surface area contributed by atoms with Crippen LogP contribution in [-0.2, 0) is 16.1 Å². The maximum Gasteiger partial charge on any atom is 0.379 e. The predicted octanol–water partition coefficient (Wildman–Crippen LogP) is 1.61. The van der Waals surface area contributed by atoms with Gasteiger partial charge >= 0.3 is 5.97 Å². The molecule has 28 heavy (non-hydrogen) atoms. The van der Waals surface area contributed by atoms with Crippen LogP contribution < -0.4 is 10.1 Å². The molecule has 3 rings (SSSR count). The Kier molecular flexibility index (Phi) is 5.53. The Hall–Kier alpha value is -3.49. The highest BCUT2D eigenvalue weighted by atomic mass is 16.5. The number of fused-ring (bicyclic) bond motifs is 1. The molecule has 0 aliphatic rings. The third kappa shape index (κ3) is 4.25. The summed E-state index contributed by atoms with van der Waals surface area (Å²) >= 11 is 0. The smallest absolute Gasteiger partial charge is 0.379 e. The van der Waals surface area contributed by atoms with Crippen LogP contribution in [0.15, 0.2) is 30.3 Å². The third-order valence-electron chi connectivity index (χ3n) is 4.08. The van der Waals surface area contributed by atoms with Crippen LogP contribution in [0, 0.1) is 13.8 Å². The number of methoxy groups -OCH3 is 1. The van der Waals surface area contributed by atoms with Gasteiger partial charge in [-0.1, -0.05) is 12.1 Å². The number of benzene rings is 1. The van der Waals surface area contributed by atoms with E-state index in [0.29, 0.717) is 12.3 Å². The molecule has 0 aliphatic heterocycles. The summed E-state index contributed by atoms with van der Waals surface area (Å²) in [4.78, 5) is 32.8. The van der Waals surface area contributed by atoms with Crippen LogP contribution in [0.1, 0.15) is 34.5 Å². The van der Waals surface area contributed by atoms with Crippen LogP contribution in [0.25, 0.3) is 5.78 Å². The number of aromatic nitrogens is 4. The van der Waals surface area contributed by atoms with Gasteiger partial charge in [-0.2, -0.15) is 4.98 Å². The number of hydrogen-bond donors (Lipinski definition) is 1. The zero-order valence-corrected chi connectivity index (χ0v) is 16.1. The normalized spacial score (nSPS) is 11.9. The van der Waals surface area contributed by atoms with Crippen molar-refractivity contribution in [3.63, 3.8) is 0 Å². The average Bonchev–Trinajstić information content (AvgIpc) is 3.11. The summed E-state index contributed by atoms with van der Waals surface area (Å²) in [5.41, 5.74) is 2.45. The fraction of sp³-hybridized carbons (Fsp3) is 0.316. The summed E-state index contributed by atoms with van der Waals surface area (Å²) < 4.78 is 11.7. The Bertz CT molecular complexity index is 1010. The van der Waals surface area contributed by atoms with E-state index in [2.05, 4.69) is 20.4 Å². The molecule has 0 saturated carbocycles. The molecule has 0 bridgehead atoms. The number of nitrogens with zero attached hydrogens (tertiary/aromatic N) is 4. The molecule has 0 unspecified atom stereocenters. The second-order valence-corrected chi connectivity index (χ2v) is 6.30. The quantitative estimate of drug-likeness (QED) is 0.644. The van der Waals surface area contributed by atoms with E-state index in [1.165, 1.54) is 11.4 Å². The highest BCUT2D eigenvalue weighted by molar-refractivity contribution is 5.89. The molecule has 9 nitrogen and oxygen atoms in total. The number of esters is 1. The minimum Gasteiger partial charge on any atom is -0.497 e. The Labute approximate surface area is 161 Å². The first-order valence-corrected chi connectivity index (χ1v) is 8.70. The number of rotatable bonds is 6. The zero-order chi connectivity index (χ0) is 20.3. The summed E-state index contributed by atoms with van der Waals surface area (Å²) in [6.45, 7) is 5.46. The van der Waals surface area contributed by atoms with Gasteiger partial charge in [0.05, 0.1) is 7.11 Å². The second kappa shape index (κ2) is 8.03. The molecule has 0 spiro atoms. The predicted molar refractivity (Wildman–Crippen MR) is 100.0 cm³/mol. The topological polar surface area (TPSA) is 108 Å². The summed E-state index contributed by atoms with van der Waals surface area (Å²) in [6.07, 6.45) is -0.992. The van der Waals surface area contributed by atoms with Crippen LogP contribution >= 0.6 is 0 Å². The molecule has 0 radical (unpaired) electrons. The van der Waals surface area contributed by atoms with Gasteiger partial charge in [-0.15, -0.1) is 5.10 Å². The monoisotopic (exact) mass is 383 g/mol. The molecule has 1 atom stereocenters. The van der Waals surface area contributed by atoms with Crippen molar-refractivity contribution in [1.29, 1.82) is 0 Å². The highest BCUT2D eigenvalue weighted by Crippen LogP contribution is 2.11. The molecule has 0 aliphatic carbocycles. The number of carbonyl (C=O) groups is 2. The average molecular weight is 383 g/mol. The number of aryl methyl sites for hydroxylation is 2. The first kappa shape index (κ1) is 19.3. The molecule has 146 valence electrons. The number of carbonyl (C=O) groups excluding carboxylic acids is 2. The molecule has 3 aromatic rings. The van der Waals surface area contributed by atoms with Crippen molar-refractivity contribution in [3.8, 4) is 5.75 Å². The minimum atomic E-state index is -0.992. The molecule has 1 N–H and O–H groups in total. The largest absolute Gasteiger partial charge is 0.497 e. The molecular weight excluding hydrogens is 362 g/mol. The second-order valence-electron chi connectivity index (χ2n) is 6.30. The van der Waals surface area contributed by atoms with Gasteiger partial charge in [0.2, 0.25) is 0 Å². The molecule has 1 amide bonds. The van der Waals surface area contributed by atoms with Crippen LogP contribution in [0.4, 0.5) is 0 Å². The number of hydrogen-bond acceptors (Lipinski definition) is 7. The van der Waals surface area contributed by atoms with Gasteiger partial charge in [-0.25, -0.2) is 14.3 Å². The summed E-state index contributed by atoms with van der Waals surface area (Å²) in [6, 6.07) is 9.11. The SMILES string of the molecule is COc1ccc(CNC(=O)[C@@H](C)OC(=O)c2nc3nc(C)cc(C)n3n2)cc1. The fourth-order valence-corrected chi connectivity index (χ4v) is 2.60. The first-order valence-electron chi connectivity index (χ1n) is 8.70. The van der Waals surface area contributed by atoms with Gasteiger partial charge < -0.3 is 14.8 Å². The molecule has 0 fully saturated rings. The van der Waals surface area contributed by atoms with E-state index in [-0.39, 0.29) is 5.82 Å². The Morgan fingerprint density at radius 1 is 1.18 bits per heavy atom. The molecule has 2 heterocycles. The van der Waals surface area contributed by atoms with Crippen LogP contribution in [0.5, 0.6) is 5.75 Å². The van der Waals surface area contributed by atoms with Gasteiger partial charge in [-0.05, 0) is 44.5 Å². The number of nitrogens with one attached hydrogen (secondary N) is 1. The van der Waals surface area contributed by atoms with Gasteiger partial charge in [-0.3, -0.25) is 4.79 Å². The Balaban J connectivity index is 1.60. The molecule has 1 aromatic carbocycles. The van der Waals surface area contributed by atoms with Gasteiger partial charge in [0.1, 0.15) is 5.75 Å². The van der Waals surface area contributed by atoms with Crippen molar-refractivity contribution in [2.45, 2.75) is 33.4 Å². The van der Waals surface area contributed by atoms with E-state index in [0.717, 1.165) is 22.7 Å². The van der Waals surface area contributed by atoms with Crippen molar-refractivity contribution >= 4 is 17.7 Å². The third-order valence-corrected chi connectivity index (χ3v) is 4.08. The van der Waals surface area contributed by atoms with Gasteiger partial charge in [0.25, 0.3) is 17.5 Å². The van der Waals surface area contributed by atoms with E-state index >= 15 is 0 Å². The molecule has 0 saturated heterocycles. The number of amides is 1. The maximum atomic E-state index is 12.3. The lowest BCUT2D eigenvalue weighted by Crippen LogP contribution is -2.35. The van der Waals surface area contributed by atoms with E-state index in [1.54, 1.807) is 19.2 Å². The summed E-state index contributed by atoms with van der Waals surface area (Å²) in [5, 5.41) is 6.82. The molecular formula is C19H21N5O4. The zero-order valence-electron chi connectivity index (χ0n) is 16.1. The number of ether oxygens (including phenoxy) is 2. The molecule has 2 aromatic heterocycles. The van der Waals surface area contributed by atoms with E-state index in [1.807, 2.05) is 32.0 Å². The van der Waals surface area contributed by atoms with Crippen molar-refractivity contribution in [3.05, 3.63) is 53.1 Å². The summed E-state index contributed by atoms with van der Waals surface area (Å²) in [5.74, 6) is -0.304. The maximum absolute atomic E-state index is 12.3. The first-order chi connectivity index (χ1) is 13.4. The van der Waals surface area contributed by atoms with Crippen LogP contribution in [0.2, 0.25) is 0 Å². The van der Waals surface area contributed by atoms with Gasteiger partial charge in [0.15, 0.2) is 6.10 Å². The standard InChI is InChI=1S/C19H21N5O4/c1-11-9-12(2)24-19(21-11)22-16(23-24)18(26)28-13(3)17(25)20-10-14-5-7-15(27-4)8-6-14/h5-9,13H,10H2,1-4H3,(H,20,25)/t13-/m1/s1. The van der Waals surface area contributed by atoms with Crippen molar-refractivity contribution in [2.24, 2.45) is 0 Å². The highest BCUT2D eigenvalue weighted by Gasteiger charge is 2.22. The Morgan fingerprint density at radius 3 is 2.57 bits per heavy atom. The Morgan fingerprint density at radius 2 is 1.89 bits per heavy atom. The van der Waals surface area contributed by atoms with Crippen molar-refractivity contribution in [2.75, 3.05) is 7.11 Å². The van der Waals surface area contributed by atoms with Crippen molar-refractivity contribution < 1.29 is 19.1 Å². The lowest BCUT2D eigenvalue weighted by molar-refractivity contribution is -0.129. The lowest BCUT2D eigenvalue weighted by Gasteiger charge is -2.12. The summed E-state index contributed by atoms with van der Waals surface area (Å²) in [7, 11) is 1.59. The van der Waals surface area contributed by atoms with E-state index in [9.17, 15) is 9.59 Å².